The van der Waals surface area contributed by atoms with Crippen LogP contribution in [0.15, 0.2) is 0 Å². The Bertz CT molecular complexity index is 148. The molecule has 4 nitrogen and oxygen atoms in total. The van der Waals surface area contributed by atoms with Crippen LogP contribution in [0.25, 0.3) is 0 Å². The predicted molar refractivity (Wildman–Crippen MR) is 34.2 cm³/mol. The Hall–Kier alpha value is -0.450. The Kier molecular flexibility index (Phi) is 2.03. The Balaban J connectivity index is 2.63. The molecule has 1 aliphatic heterocycles. The van der Waals surface area contributed by atoms with Gasteiger partial charge in [0.15, 0.2) is 5.78 Å². The normalized spacial score (nSPS) is 34.4. The number of ketones is 1. The van der Waals surface area contributed by atoms with E-state index in [0.717, 1.165) is 0 Å². The fourth-order valence-corrected chi connectivity index (χ4v) is 0.922. The van der Waals surface area contributed by atoms with E-state index in [2.05, 4.69) is 0 Å². The molecule has 58 valence electrons. The molecule has 1 fully saturated rings. The van der Waals surface area contributed by atoms with E-state index in [0.29, 0.717) is 19.4 Å². The molecule has 0 aromatic carbocycles. The lowest BCUT2D eigenvalue weighted by Crippen LogP contribution is -2.50. The quantitative estimate of drug-likeness (QED) is 0.497. The van der Waals surface area contributed by atoms with Crippen molar-refractivity contribution < 1.29 is 14.6 Å². The van der Waals surface area contributed by atoms with Crippen LogP contribution in [0.3, 0.4) is 0 Å². The van der Waals surface area contributed by atoms with Crippen molar-refractivity contribution in [3.63, 3.8) is 0 Å². The standard InChI is InChI=1S/C6H11NO3/c7-4-6(9)5(8)2-1-3-10-6/h9H,1-4,7H2. The van der Waals surface area contributed by atoms with Gasteiger partial charge in [-0.1, -0.05) is 0 Å². The van der Waals surface area contributed by atoms with Gasteiger partial charge in [-0.05, 0) is 6.42 Å². The third-order valence-corrected chi connectivity index (χ3v) is 1.60. The zero-order chi connectivity index (χ0) is 7.61. The fourth-order valence-electron chi connectivity index (χ4n) is 0.922. The summed E-state index contributed by atoms with van der Waals surface area (Å²) >= 11 is 0. The van der Waals surface area contributed by atoms with Gasteiger partial charge in [0.2, 0.25) is 5.79 Å². The Morgan fingerprint density at radius 3 is 2.90 bits per heavy atom. The summed E-state index contributed by atoms with van der Waals surface area (Å²) in [6.45, 7) is 0.269. The molecule has 0 spiro atoms. The summed E-state index contributed by atoms with van der Waals surface area (Å²) in [6.07, 6.45) is 1.05. The maximum atomic E-state index is 10.9. The average Bonchev–Trinajstić information content (AvgIpc) is 1.96. The smallest absolute Gasteiger partial charge is 0.239 e. The van der Waals surface area contributed by atoms with Crippen LogP contribution < -0.4 is 5.73 Å². The lowest BCUT2D eigenvalue weighted by molar-refractivity contribution is -0.210. The van der Waals surface area contributed by atoms with Gasteiger partial charge in [0.05, 0.1) is 13.2 Å². The minimum absolute atomic E-state index is 0.147. The molecular formula is C6H11NO3. The number of nitrogens with two attached hydrogens (primary N) is 1. The minimum atomic E-state index is -1.68. The molecule has 0 saturated carbocycles. The van der Waals surface area contributed by atoms with Gasteiger partial charge in [0.1, 0.15) is 0 Å². The molecule has 0 bridgehead atoms. The van der Waals surface area contributed by atoms with E-state index >= 15 is 0 Å². The molecule has 0 amide bonds. The summed E-state index contributed by atoms with van der Waals surface area (Å²) < 4.78 is 4.81. The van der Waals surface area contributed by atoms with E-state index in [9.17, 15) is 9.90 Å². The topological polar surface area (TPSA) is 72.6 Å². The molecule has 1 rings (SSSR count). The van der Waals surface area contributed by atoms with Gasteiger partial charge in [0.25, 0.3) is 0 Å². The molecule has 0 aromatic heterocycles. The maximum absolute atomic E-state index is 10.9. The molecule has 1 unspecified atom stereocenters. The largest absolute Gasteiger partial charge is 0.359 e. The maximum Gasteiger partial charge on any atom is 0.239 e. The van der Waals surface area contributed by atoms with Gasteiger partial charge >= 0.3 is 0 Å². The van der Waals surface area contributed by atoms with E-state index in [4.69, 9.17) is 10.5 Å². The highest BCUT2D eigenvalue weighted by atomic mass is 16.6. The van der Waals surface area contributed by atoms with Crippen molar-refractivity contribution in [2.24, 2.45) is 5.73 Å². The van der Waals surface area contributed by atoms with Gasteiger partial charge in [-0.3, -0.25) is 4.79 Å². The molecule has 1 saturated heterocycles. The van der Waals surface area contributed by atoms with Crippen molar-refractivity contribution in [3.05, 3.63) is 0 Å². The summed E-state index contributed by atoms with van der Waals surface area (Å²) in [5, 5.41) is 9.25. The lowest BCUT2D eigenvalue weighted by Gasteiger charge is -2.28. The van der Waals surface area contributed by atoms with Gasteiger partial charge in [-0.25, -0.2) is 0 Å². The number of rotatable bonds is 1. The molecule has 1 aliphatic rings. The second-order valence-corrected chi connectivity index (χ2v) is 2.36. The molecule has 1 heterocycles. The molecule has 0 radical (unpaired) electrons. The zero-order valence-electron chi connectivity index (χ0n) is 5.67. The first-order valence-electron chi connectivity index (χ1n) is 3.29. The van der Waals surface area contributed by atoms with Crippen LogP contribution in [0.4, 0.5) is 0 Å². The third-order valence-electron chi connectivity index (χ3n) is 1.60. The van der Waals surface area contributed by atoms with E-state index in [1.807, 2.05) is 0 Å². The molecule has 1 atom stereocenters. The first kappa shape index (κ1) is 7.65. The highest BCUT2D eigenvalue weighted by molar-refractivity contribution is 5.86. The molecule has 3 N–H and O–H groups in total. The third kappa shape index (κ3) is 1.18. The number of carbonyl (C=O) groups excluding carboxylic acids is 1. The summed E-state index contributed by atoms with van der Waals surface area (Å²) in [6, 6.07) is 0. The SMILES string of the molecule is NCC1(O)OCCCC1=O. The fraction of sp³-hybridized carbons (Fsp3) is 0.833. The van der Waals surface area contributed by atoms with Gasteiger partial charge < -0.3 is 15.6 Å². The number of carbonyl (C=O) groups is 1. The minimum Gasteiger partial charge on any atom is -0.359 e. The lowest BCUT2D eigenvalue weighted by atomic mass is 10.0. The monoisotopic (exact) mass is 145 g/mol. The van der Waals surface area contributed by atoms with Crippen LogP contribution >= 0.6 is 0 Å². The van der Waals surface area contributed by atoms with Crippen molar-refractivity contribution in [1.29, 1.82) is 0 Å². The number of hydrogen-bond acceptors (Lipinski definition) is 4. The van der Waals surface area contributed by atoms with Crippen molar-refractivity contribution in [1.82, 2.24) is 0 Å². The Labute approximate surface area is 59.0 Å². The van der Waals surface area contributed by atoms with Gasteiger partial charge in [-0.2, -0.15) is 0 Å². The van der Waals surface area contributed by atoms with Crippen LogP contribution in [-0.2, 0) is 9.53 Å². The summed E-state index contributed by atoms with van der Waals surface area (Å²) in [5.41, 5.74) is 5.13. The van der Waals surface area contributed by atoms with Crippen molar-refractivity contribution in [2.45, 2.75) is 18.6 Å². The van der Waals surface area contributed by atoms with Crippen LogP contribution in [0.5, 0.6) is 0 Å². The van der Waals surface area contributed by atoms with Crippen LogP contribution in [0.2, 0.25) is 0 Å². The highest BCUT2D eigenvalue weighted by Crippen LogP contribution is 2.16. The van der Waals surface area contributed by atoms with Crippen molar-refractivity contribution in [2.75, 3.05) is 13.2 Å². The predicted octanol–water partition coefficient (Wildman–Crippen LogP) is -0.987. The molecule has 4 heteroatoms. The second kappa shape index (κ2) is 2.65. The van der Waals surface area contributed by atoms with E-state index in [1.54, 1.807) is 0 Å². The van der Waals surface area contributed by atoms with Crippen LogP contribution in [-0.4, -0.2) is 29.8 Å². The molecular weight excluding hydrogens is 134 g/mol. The number of hydrogen-bond donors (Lipinski definition) is 2. The summed E-state index contributed by atoms with van der Waals surface area (Å²) in [7, 11) is 0. The highest BCUT2D eigenvalue weighted by Gasteiger charge is 2.37. The van der Waals surface area contributed by atoms with Crippen LogP contribution in [0, 0.1) is 0 Å². The van der Waals surface area contributed by atoms with Crippen molar-refractivity contribution >= 4 is 5.78 Å². The Morgan fingerprint density at radius 2 is 2.50 bits per heavy atom. The van der Waals surface area contributed by atoms with Crippen LogP contribution in [0.1, 0.15) is 12.8 Å². The van der Waals surface area contributed by atoms with Gasteiger partial charge in [-0.15, -0.1) is 0 Å². The first-order valence-corrected chi connectivity index (χ1v) is 3.29. The zero-order valence-corrected chi connectivity index (χ0v) is 5.67. The number of aliphatic hydroxyl groups is 1. The summed E-state index contributed by atoms with van der Waals surface area (Å²) in [5.74, 6) is -1.99. The molecule has 10 heavy (non-hydrogen) atoms. The summed E-state index contributed by atoms with van der Waals surface area (Å²) in [4.78, 5) is 10.9. The van der Waals surface area contributed by atoms with Crippen molar-refractivity contribution in [3.8, 4) is 0 Å². The number of ether oxygens (including phenoxy) is 1. The molecule has 0 aliphatic carbocycles. The van der Waals surface area contributed by atoms with E-state index in [1.165, 1.54) is 0 Å². The Morgan fingerprint density at radius 1 is 1.80 bits per heavy atom. The second-order valence-electron chi connectivity index (χ2n) is 2.36. The van der Waals surface area contributed by atoms with E-state index in [-0.39, 0.29) is 12.3 Å². The average molecular weight is 145 g/mol. The number of Topliss-reactive ketones (excluding diaryl/α,β-unsaturated/α-hetero) is 1. The first-order chi connectivity index (χ1) is 4.69. The molecule has 0 aromatic rings. The van der Waals surface area contributed by atoms with E-state index < -0.39 is 5.79 Å². The van der Waals surface area contributed by atoms with Gasteiger partial charge in [0, 0.05) is 6.42 Å².